The lowest BCUT2D eigenvalue weighted by molar-refractivity contribution is 0.477. The van der Waals surface area contributed by atoms with Crippen molar-refractivity contribution in [3.05, 3.63) is 29.8 Å². The summed E-state index contributed by atoms with van der Waals surface area (Å²) >= 11 is 0. The van der Waals surface area contributed by atoms with Crippen molar-refractivity contribution in [1.29, 1.82) is 0 Å². The predicted octanol–water partition coefficient (Wildman–Crippen LogP) is 2.34. The molecule has 88 valence electrons. The summed E-state index contributed by atoms with van der Waals surface area (Å²) in [4.78, 5) is 4.01. The zero-order valence-electron chi connectivity index (χ0n) is 9.54. The van der Waals surface area contributed by atoms with Crippen molar-refractivity contribution in [2.75, 3.05) is 18.5 Å². The van der Waals surface area contributed by atoms with Gasteiger partial charge in [-0.2, -0.15) is 0 Å². The molecule has 0 aliphatic carbocycles. The lowest BCUT2D eigenvalue weighted by Gasteiger charge is -2.06. The van der Waals surface area contributed by atoms with Gasteiger partial charge in [0, 0.05) is 12.2 Å². The van der Waals surface area contributed by atoms with Crippen LogP contribution in [0.15, 0.2) is 29.3 Å². The number of anilines is 1. The summed E-state index contributed by atoms with van der Waals surface area (Å²) in [7, 11) is 0. The third-order valence-electron chi connectivity index (χ3n) is 2.18. The quantitative estimate of drug-likeness (QED) is 0.457. The molecule has 16 heavy (non-hydrogen) atoms. The Labute approximate surface area is 95.6 Å². The van der Waals surface area contributed by atoms with Gasteiger partial charge in [-0.25, -0.2) is 0 Å². The van der Waals surface area contributed by atoms with E-state index in [1.54, 1.807) is 0 Å². The summed E-state index contributed by atoms with van der Waals surface area (Å²) in [6.07, 6.45) is 1.39. The van der Waals surface area contributed by atoms with Crippen LogP contribution in [0, 0.1) is 0 Å². The minimum Gasteiger partial charge on any atom is -0.370 e. The molecule has 0 aliphatic heterocycles. The van der Waals surface area contributed by atoms with Crippen LogP contribution in [0.4, 0.5) is 10.1 Å². The van der Waals surface area contributed by atoms with Crippen molar-refractivity contribution in [2.45, 2.75) is 19.8 Å². The highest BCUT2D eigenvalue weighted by Crippen LogP contribution is 2.10. The number of nitrogens with zero attached hydrogens (tertiary/aromatic N) is 1. The summed E-state index contributed by atoms with van der Waals surface area (Å²) in [5.41, 5.74) is 7.81. The molecule has 0 heterocycles. The fourth-order valence-corrected chi connectivity index (χ4v) is 1.32. The number of guanidine groups is 1. The van der Waals surface area contributed by atoms with E-state index in [1.807, 2.05) is 18.2 Å². The fourth-order valence-electron chi connectivity index (χ4n) is 1.32. The number of hydrogen-bond acceptors (Lipinski definition) is 1. The molecule has 3 nitrogen and oxygen atoms in total. The van der Waals surface area contributed by atoms with Gasteiger partial charge in [-0.3, -0.25) is 9.38 Å². The number of aliphatic imine (C=N–C) groups is 1. The van der Waals surface area contributed by atoms with E-state index < -0.39 is 0 Å². The number of aryl methyl sites for hydroxylation is 1. The van der Waals surface area contributed by atoms with E-state index in [2.05, 4.69) is 23.3 Å². The average molecular weight is 223 g/mol. The van der Waals surface area contributed by atoms with Gasteiger partial charge in [0.05, 0.1) is 6.67 Å². The zero-order valence-corrected chi connectivity index (χ0v) is 9.54. The van der Waals surface area contributed by atoms with E-state index in [1.165, 1.54) is 5.56 Å². The SMILES string of the molecule is CCc1cccc(NC(N)=NCCCF)c1. The Hall–Kier alpha value is -1.58. The van der Waals surface area contributed by atoms with Crippen molar-refractivity contribution in [1.82, 2.24) is 0 Å². The second-order valence-electron chi connectivity index (χ2n) is 3.49. The van der Waals surface area contributed by atoms with Gasteiger partial charge in [0.2, 0.25) is 0 Å². The number of alkyl halides is 1. The molecule has 0 aliphatic rings. The summed E-state index contributed by atoms with van der Waals surface area (Å²) in [5.74, 6) is 0.335. The maximum absolute atomic E-state index is 11.8. The molecule has 4 heteroatoms. The molecular weight excluding hydrogens is 205 g/mol. The monoisotopic (exact) mass is 223 g/mol. The van der Waals surface area contributed by atoms with Crippen LogP contribution in [0.25, 0.3) is 0 Å². The highest BCUT2D eigenvalue weighted by Gasteiger charge is 1.96. The maximum Gasteiger partial charge on any atom is 0.193 e. The van der Waals surface area contributed by atoms with Crippen LogP contribution in [0.3, 0.4) is 0 Å². The largest absolute Gasteiger partial charge is 0.370 e. The van der Waals surface area contributed by atoms with Crippen molar-refractivity contribution in [2.24, 2.45) is 10.7 Å². The number of nitrogens with one attached hydrogen (secondary N) is 1. The third kappa shape index (κ3) is 4.29. The molecule has 3 N–H and O–H groups in total. The van der Waals surface area contributed by atoms with Gasteiger partial charge in [0.25, 0.3) is 0 Å². The van der Waals surface area contributed by atoms with Gasteiger partial charge in [-0.05, 0) is 30.5 Å². The van der Waals surface area contributed by atoms with Crippen LogP contribution in [0.5, 0.6) is 0 Å². The Morgan fingerprint density at radius 3 is 3.00 bits per heavy atom. The van der Waals surface area contributed by atoms with Gasteiger partial charge >= 0.3 is 0 Å². The molecule has 1 aromatic rings. The number of hydrogen-bond donors (Lipinski definition) is 2. The molecule has 0 unspecified atom stereocenters. The topological polar surface area (TPSA) is 50.4 Å². The minimum atomic E-state index is -0.359. The highest BCUT2D eigenvalue weighted by atomic mass is 19.1. The molecule has 0 saturated heterocycles. The molecule has 1 rings (SSSR count). The molecule has 0 atom stereocenters. The van der Waals surface area contributed by atoms with E-state index in [0.717, 1.165) is 12.1 Å². The standard InChI is InChI=1S/C12H18FN3/c1-2-10-5-3-6-11(9-10)16-12(14)15-8-4-7-13/h3,5-6,9H,2,4,7-8H2,1H3,(H3,14,15,16). The van der Waals surface area contributed by atoms with Gasteiger partial charge in [-0.1, -0.05) is 19.1 Å². The van der Waals surface area contributed by atoms with Crippen LogP contribution in [-0.4, -0.2) is 19.2 Å². The number of nitrogens with two attached hydrogens (primary N) is 1. The van der Waals surface area contributed by atoms with E-state index in [9.17, 15) is 4.39 Å². The third-order valence-corrected chi connectivity index (χ3v) is 2.18. The van der Waals surface area contributed by atoms with Crippen LogP contribution in [0.1, 0.15) is 18.9 Å². The van der Waals surface area contributed by atoms with Crippen molar-refractivity contribution >= 4 is 11.6 Å². The predicted molar refractivity (Wildman–Crippen MR) is 66.5 cm³/mol. The summed E-state index contributed by atoms with van der Waals surface area (Å²) in [6, 6.07) is 7.98. The van der Waals surface area contributed by atoms with Crippen molar-refractivity contribution in [3.8, 4) is 0 Å². The molecule has 0 bridgehead atoms. The Morgan fingerprint density at radius 1 is 1.50 bits per heavy atom. The number of halogens is 1. The Morgan fingerprint density at radius 2 is 2.31 bits per heavy atom. The van der Waals surface area contributed by atoms with E-state index >= 15 is 0 Å². The number of rotatable bonds is 5. The first-order valence-electron chi connectivity index (χ1n) is 5.48. The van der Waals surface area contributed by atoms with Crippen LogP contribution >= 0.6 is 0 Å². The molecule has 0 aromatic heterocycles. The van der Waals surface area contributed by atoms with Crippen molar-refractivity contribution < 1.29 is 4.39 Å². The average Bonchev–Trinajstić information content (AvgIpc) is 2.29. The molecule has 1 aromatic carbocycles. The molecule has 0 saturated carbocycles. The fraction of sp³-hybridized carbons (Fsp3) is 0.417. The Bertz CT molecular complexity index is 350. The van der Waals surface area contributed by atoms with Gasteiger partial charge < -0.3 is 11.1 Å². The van der Waals surface area contributed by atoms with Crippen LogP contribution in [0.2, 0.25) is 0 Å². The molecule has 0 spiro atoms. The smallest absolute Gasteiger partial charge is 0.193 e. The van der Waals surface area contributed by atoms with E-state index in [0.29, 0.717) is 18.9 Å². The van der Waals surface area contributed by atoms with Crippen LogP contribution in [-0.2, 0) is 6.42 Å². The minimum absolute atomic E-state index is 0.335. The lowest BCUT2D eigenvalue weighted by Crippen LogP contribution is -2.22. The summed E-state index contributed by atoms with van der Waals surface area (Å²) in [5, 5.41) is 2.98. The normalized spacial score (nSPS) is 11.5. The second-order valence-corrected chi connectivity index (χ2v) is 3.49. The lowest BCUT2D eigenvalue weighted by atomic mass is 10.1. The van der Waals surface area contributed by atoms with Gasteiger partial charge in [0.15, 0.2) is 5.96 Å². The van der Waals surface area contributed by atoms with Gasteiger partial charge in [-0.15, -0.1) is 0 Å². The molecule has 0 radical (unpaired) electrons. The van der Waals surface area contributed by atoms with Crippen molar-refractivity contribution in [3.63, 3.8) is 0 Å². The molecule has 0 fully saturated rings. The van der Waals surface area contributed by atoms with Crippen LogP contribution < -0.4 is 11.1 Å². The Balaban J connectivity index is 2.54. The summed E-state index contributed by atoms with van der Waals surface area (Å²) < 4.78 is 11.8. The van der Waals surface area contributed by atoms with E-state index in [4.69, 9.17) is 5.73 Å². The van der Waals surface area contributed by atoms with E-state index in [-0.39, 0.29) is 6.67 Å². The molecule has 0 amide bonds. The zero-order chi connectivity index (χ0) is 11.8. The first-order chi connectivity index (χ1) is 7.76. The van der Waals surface area contributed by atoms with Gasteiger partial charge in [0.1, 0.15) is 0 Å². The first kappa shape index (κ1) is 12.5. The first-order valence-corrected chi connectivity index (χ1v) is 5.48. The Kier molecular flexibility index (Phi) is 5.32. The maximum atomic E-state index is 11.8. The number of benzene rings is 1. The summed E-state index contributed by atoms with van der Waals surface area (Å²) in [6.45, 7) is 2.16. The highest BCUT2D eigenvalue weighted by molar-refractivity contribution is 5.92. The molecular formula is C12H18FN3. The second kappa shape index (κ2) is 6.82.